The van der Waals surface area contributed by atoms with Crippen LogP contribution in [0.1, 0.15) is 5.69 Å². The second kappa shape index (κ2) is 4.31. The number of hydrogen-bond donors (Lipinski definition) is 2. The largest absolute Gasteiger partial charge is 0.359 e. The maximum absolute atomic E-state index is 5.84. The van der Waals surface area contributed by atoms with E-state index in [2.05, 4.69) is 20.3 Å². The van der Waals surface area contributed by atoms with Crippen molar-refractivity contribution in [2.75, 3.05) is 5.32 Å². The van der Waals surface area contributed by atoms with Gasteiger partial charge in [-0.3, -0.25) is 0 Å². The van der Waals surface area contributed by atoms with Crippen LogP contribution < -0.4 is 5.32 Å². The zero-order valence-electron chi connectivity index (χ0n) is 9.74. The van der Waals surface area contributed by atoms with E-state index in [9.17, 15) is 0 Å². The predicted octanol–water partition coefficient (Wildman–Crippen LogP) is 3.66. The summed E-state index contributed by atoms with van der Waals surface area (Å²) in [5.74, 6) is 0.692. The number of para-hydroxylation sites is 1. The summed E-state index contributed by atoms with van der Waals surface area (Å²) in [6, 6.07) is 9.92. The van der Waals surface area contributed by atoms with Crippen LogP contribution in [-0.4, -0.2) is 15.0 Å². The van der Waals surface area contributed by atoms with Crippen LogP contribution in [-0.2, 0) is 0 Å². The number of fused-ring (bicyclic) bond motifs is 1. The van der Waals surface area contributed by atoms with Crippen LogP contribution in [0.15, 0.2) is 36.5 Å². The average molecular weight is 259 g/mol. The van der Waals surface area contributed by atoms with E-state index in [0.717, 1.165) is 22.3 Å². The topological polar surface area (TPSA) is 53.6 Å². The lowest BCUT2D eigenvalue weighted by Gasteiger charge is -2.05. The zero-order chi connectivity index (χ0) is 12.5. The fraction of sp³-hybridized carbons (Fsp3) is 0.0769. The van der Waals surface area contributed by atoms with Crippen molar-refractivity contribution in [3.63, 3.8) is 0 Å². The van der Waals surface area contributed by atoms with Crippen LogP contribution in [0.5, 0.6) is 0 Å². The van der Waals surface area contributed by atoms with Crippen LogP contribution >= 0.6 is 11.6 Å². The first-order valence-corrected chi connectivity index (χ1v) is 5.94. The van der Waals surface area contributed by atoms with Gasteiger partial charge in [0.15, 0.2) is 0 Å². The molecule has 90 valence electrons. The number of aromatic amines is 1. The number of hydrogen-bond acceptors (Lipinski definition) is 3. The Labute approximate surface area is 109 Å². The van der Waals surface area contributed by atoms with Crippen LogP contribution in [0, 0.1) is 6.92 Å². The van der Waals surface area contributed by atoms with Crippen LogP contribution in [0.25, 0.3) is 10.9 Å². The Hall–Kier alpha value is -2.07. The molecule has 4 nitrogen and oxygen atoms in total. The summed E-state index contributed by atoms with van der Waals surface area (Å²) in [6.45, 7) is 1.88. The molecule has 2 heterocycles. The molecule has 3 rings (SSSR count). The Bertz CT molecular complexity index is 685. The molecule has 0 aliphatic heterocycles. The number of benzene rings is 1. The molecule has 0 atom stereocenters. The minimum atomic E-state index is 0.248. The smallest absolute Gasteiger partial charge is 0.224 e. The molecule has 1 aromatic carbocycles. The maximum atomic E-state index is 5.84. The summed E-state index contributed by atoms with van der Waals surface area (Å²) in [5, 5.41) is 4.60. The molecule has 2 aromatic heterocycles. The summed E-state index contributed by atoms with van der Waals surface area (Å²) < 4.78 is 0. The summed E-state index contributed by atoms with van der Waals surface area (Å²) in [5.41, 5.74) is 2.88. The van der Waals surface area contributed by atoms with Gasteiger partial charge in [0.05, 0.1) is 5.69 Å². The molecule has 2 N–H and O–H groups in total. The SMILES string of the molecule is Cc1cc(Nc2c[nH]c3ccccc23)nc(Cl)n1. The molecule has 3 aromatic rings. The summed E-state index contributed by atoms with van der Waals surface area (Å²) in [4.78, 5) is 11.4. The number of nitrogens with one attached hydrogen (secondary N) is 2. The first kappa shape index (κ1) is 11.0. The molecule has 0 aliphatic rings. The van der Waals surface area contributed by atoms with Crippen molar-refractivity contribution in [3.05, 3.63) is 47.5 Å². The lowest BCUT2D eigenvalue weighted by Crippen LogP contribution is -1.96. The van der Waals surface area contributed by atoms with Crippen molar-refractivity contribution in [2.24, 2.45) is 0 Å². The first-order valence-electron chi connectivity index (χ1n) is 5.57. The van der Waals surface area contributed by atoms with E-state index >= 15 is 0 Å². The molecular formula is C13H11ClN4. The minimum absolute atomic E-state index is 0.248. The van der Waals surface area contributed by atoms with Gasteiger partial charge in [-0.25, -0.2) is 9.97 Å². The zero-order valence-corrected chi connectivity index (χ0v) is 10.5. The number of rotatable bonds is 2. The number of H-pyrrole nitrogens is 1. The first-order chi connectivity index (χ1) is 8.72. The molecule has 0 bridgehead atoms. The molecule has 5 heteroatoms. The molecule has 0 saturated carbocycles. The highest BCUT2D eigenvalue weighted by Crippen LogP contribution is 2.25. The van der Waals surface area contributed by atoms with E-state index in [1.54, 1.807) is 0 Å². The van der Waals surface area contributed by atoms with E-state index in [1.165, 1.54) is 0 Å². The van der Waals surface area contributed by atoms with Crippen molar-refractivity contribution >= 4 is 34.0 Å². The van der Waals surface area contributed by atoms with E-state index in [-0.39, 0.29) is 5.28 Å². The van der Waals surface area contributed by atoms with Gasteiger partial charge in [0.2, 0.25) is 5.28 Å². The Morgan fingerprint density at radius 2 is 2.06 bits per heavy atom. The molecule has 0 unspecified atom stereocenters. The molecule has 0 amide bonds. The summed E-state index contributed by atoms with van der Waals surface area (Å²) >= 11 is 5.84. The molecule has 0 aliphatic carbocycles. The fourth-order valence-corrected chi connectivity index (χ4v) is 2.13. The Kier molecular flexibility index (Phi) is 2.64. The van der Waals surface area contributed by atoms with Gasteiger partial charge >= 0.3 is 0 Å². The predicted molar refractivity (Wildman–Crippen MR) is 73.4 cm³/mol. The number of halogens is 1. The highest BCUT2D eigenvalue weighted by Gasteiger charge is 2.05. The summed E-state index contributed by atoms with van der Waals surface area (Å²) in [7, 11) is 0. The van der Waals surface area contributed by atoms with Gasteiger partial charge in [-0.1, -0.05) is 18.2 Å². The second-order valence-corrected chi connectivity index (χ2v) is 4.37. The van der Waals surface area contributed by atoms with Crippen molar-refractivity contribution < 1.29 is 0 Å². The Morgan fingerprint density at radius 3 is 2.89 bits per heavy atom. The third-order valence-electron chi connectivity index (χ3n) is 2.68. The molecule has 18 heavy (non-hydrogen) atoms. The monoisotopic (exact) mass is 258 g/mol. The van der Waals surface area contributed by atoms with E-state index in [4.69, 9.17) is 11.6 Å². The quantitative estimate of drug-likeness (QED) is 0.690. The molecular weight excluding hydrogens is 248 g/mol. The van der Waals surface area contributed by atoms with Gasteiger partial charge in [-0.15, -0.1) is 0 Å². The third-order valence-corrected chi connectivity index (χ3v) is 2.85. The average Bonchev–Trinajstić information content (AvgIpc) is 2.72. The maximum Gasteiger partial charge on any atom is 0.224 e. The number of anilines is 2. The minimum Gasteiger partial charge on any atom is -0.359 e. The van der Waals surface area contributed by atoms with Gasteiger partial charge in [-0.05, 0) is 24.6 Å². The fourth-order valence-electron chi connectivity index (χ4n) is 1.91. The van der Waals surface area contributed by atoms with Crippen LogP contribution in [0.2, 0.25) is 5.28 Å². The highest BCUT2D eigenvalue weighted by atomic mass is 35.5. The van der Waals surface area contributed by atoms with E-state index in [1.807, 2.05) is 43.5 Å². The van der Waals surface area contributed by atoms with Crippen LogP contribution in [0.4, 0.5) is 11.5 Å². The van der Waals surface area contributed by atoms with Crippen molar-refractivity contribution in [3.8, 4) is 0 Å². The van der Waals surface area contributed by atoms with Gasteiger partial charge in [0.1, 0.15) is 5.82 Å². The number of aromatic nitrogens is 3. The van der Waals surface area contributed by atoms with Crippen molar-refractivity contribution in [1.29, 1.82) is 0 Å². The molecule has 0 saturated heterocycles. The number of aryl methyl sites for hydroxylation is 1. The lowest BCUT2D eigenvalue weighted by atomic mass is 10.2. The Balaban J connectivity index is 2.01. The summed E-state index contributed by atoms with van der Waals surface area (Å²) in [6.07, 6.45) is 1.91. The van der Waals surface area contributed by atoms with E-state index < -0.39 is 0 Å². The standard InChI is InChI=1S/C13H11ClN4/c1-8-6-12(18-13(14)16-8)17-11-7-15-10-5-3-2-4-9(10)11/h2-7,15H,1H3,(H,16,17,18). The normalized spacial score (nSPS) is 10.8. The lowest BCUT2D eigenvalue weighted by molar-refractivity contribution is 1.10. The second-order valence-electron chi connectivity index (χ2n) is 4.04. The van der Waals surface area contributed by atoms with E-state index in [0.29, 0.717) is 5.82 Å². The molecule has 0 fully saturated rings. The van der Waals surface area contributed by atoms with Crippen LogP contribution in [0.3, 0.4) is 0 Å². The third kappa shape index (κ3) is 2.02. The van der Waals surface area contributed by atoms with Gasteiger partial charge in [0, 0.05) is 28.9 Å². The van der Waals surface area contributed by atoms with Gasteiger partial charge in [0.25, 0.3) is 0 Å². The van der Waals surface area contributed by atoms with Gasteiger partial charge in [-0.2, -0.15) is 0 Å². The molecule has 0 spiro atoms. The van der Waals surface area contributed by atoms with Gasteiger partial charge < -0.3 is 10.3 Å². The van der Waals surface area contributed by atoms with Crippen molar-refractivity contribution in [1.82, 2.24) is 15.0 Å². The Morgan fingerprint density at radius 1 is 1.22 bits per heavy atom. The number of nitrogens with zero attached hydrogens (tertiary/aromatic N) is 2. The molecule has 0 radical (unpaired) electrons. The van der Waals surface area contributed by atoms with Crippen molar-refractivity contribution in [2.45, 2.75) is 6.92 Å². The highest BCUT2D eigenvalue weighted by molar-refractivity contribution is 6.28.